The zero-order valence-corrected chi connectivity index (χ0v) is 64.3. The van der Waals surface area contributed by atoms with E-state index in [0.29, 0.717) is 17.4 Å². The van der Waals surface area contributed by atoms with Crippen LogP contribution in [0, 0.1) is 0 Å². The van der Waals surface area contributed by atoms with Crippen LogP contribution < -0.4 is 5.11 Å². The second-order valence-electron chi connectivity index (χ2n) is 30.1. The second-order valence-corrected chi connectivity index (χ2v) is 30.1. The first kappa shape index (κ1) is 92.5. The molecule has 0 bridgehead atoms. The number of quaternary nitrogens is 1. The van der Waals surface area contributed by atoms with E-state index in [1.807, 2.05) is 21.1 Å². The maximum absolute atomic E-state index is 13.0. The number of nitrogens with zero attached hydrogens (tertiary/aromatic N) is 1. The number of hydrogen-bond acceptors (Lipinski definition) is 8. The summed E-state index contributed by atoms with van der Waals surface area (Å²) in [4.78, 5) is 37.6. The highest BCUT2D eigenvalue weighted by Crippen LogP contribution is 2.20. The molecule has 0 aliphatic heterocycles. The zero-order chi connectivity index (χ0) is 69.0. The van der Waals surface area contributed by atoms with E-state index >= 15 is 0 Å². The molecule has 560 valence electrons. The van der Waals surface area contributed by atoms with Gasteiger partial charge in [0.1, 0.15) is 13.2 Å². The third kappa shape index (κ3) is 78.7. The minimum atomic E-state index is -1.62. The van der Waals surface area contributed by atoms with Crippen molar-refractivity contribution in [3.8, 4) is 0 Å². The number of carbonyl (C=O) groups excluding carboxylic acids is 3. The molecule has 0 amide bonds. The minimum absolute atomic E-state index is 0.152. The highest BCUT2D eigenvalue weighted by Gasteiger charge is 2.22. The zero-order valence-electron chi connectivity index (χ0n) is 64.3. The molecule has 95 heavy (non-hydrogen) atoms. The lowest BCUT2D eigenvalue weighted by Crippen LogP contribution is -2.44. The van der Waals surface area contributed by atoms with Crippen LogP contribution in [0.3, 0.4) is 0 Å². The van der Waals surface area contributed by atoms with E-state index in [1.54, 1.807) is 0 Å². The van der Waals surface area contributed by atoms with Crippen molar-refractivity contribution in [1.82, 2.24) is 0 Å². The van der Waals surface area contributed by atoms with Gasteiger partial charge in [-0.1, -0.05) is 391 Å². The van der Waals surface area contributed by atoms with Crippen molar-refractivity contribution >= 4 is 17.9 Å². The fraction of sp³-hybridized carbons (Fsp3) is 0.895. The van der Waals surface area contributed by atoms with Crippen LogP contribution in [0.15, 0.2) is 36.5 Å². The average Bonchev–Trinajstić information content (AvgIpc) is 3.54. The monoisotopic (exact) mass is 1340 g/mol. The highest BCUT2D eigenvalue weighted by molar-refractivity contribution is 5.70. The maximum atomic E-state index is 13.0. The van der Waals surface area contributed by atoms with Gasteiger partial charge in [0.15, 0.2) is 12.4 Å². The smallest absolute Gasteiger partial charge is 0.306 e. The van der Waals surface area contributed by atoms with Crippen molar-refractivity contribution in [2.75, 3.05) is 47.5 Å². The van der Waals surface area contributed by atoms with Gasteiger partial charge in [0.05, 0.1) is 40.3 Å². The molecule has 0 aromatic heterocycles. The Morgan fingerprint density at radius 2 is 0.568 bits per heavy atom. The normalized spacial score (nSPS) is 12.7. The van der Waals surface area contributed by atoms with E-state index in [2.05, 4.69) is 50.3 Å². The third-order valence-corrected chi connectivity index (χ3v) is 19.4. The lowest BCUT2D eigenvalue weighted by Gasteiger charge is -2.26. The topological polar surface area (TPSA) is 111 Å². The Balaban J connectivity index is 3.91. The van der Waals surface area contributed by atoms with Crippen molar-refractivity contribution in [1.29, 1.82) is 0 Å². The largest absolute Gasteiger partial charge is 0.545 e. The molecule has 0 saturated carbocycles. The lowest BCUT2D eigenvalue weighted by molar-refractivity contribution is -0.870. The van der Waals surface area contributed by atoms with E-state index in [0.717, 1.165) is 44.9 Å². The Morgan fingerprint density at radius 1 is 0.316 bits per heavy atom. The van der Waals surface area contributed by atoms with Crippen LogP contribution in [0.1, 0.15) is 438 Å². The molecule has 2 atom stereocenters. The van der Waals surface area contributed by atoms with Gasteiger partial charge in [-0.2, -0.15) is 0 Å². The number of aliphatic carboxylic acids is 1. The SMILES string of the molecule is CCCCCCC/C=C\C/C=C\CCCCCCCCCCCCCCCCCCCCCCCCCCCCCCCC(=O)OC(COC(=O)CCCCCCCCCCCCCCCCCCC/C=C\CCCCCCCCCC)COC(OCC[N+](C)(C)C)C(=O)[O-]. The first-order valence-electron chi connectivity index (χ1n) is 42.1. The summed E-state index contributed by atoms with van der Waals surface area (Å²) in [5.74, 6) is -2.25. The van der Waals surface area contributed by atoms with Crippen molar-refractivity contribution in [2.24, 2.45) is 0 Å². The van der Waals surface area contributed by atoms with Crippen LogP contribution in [-0.4, -0.2) is 82.3 Å². The number of likely N-dealkylation sites (N-methyl/N-ethyl adjacent to an activating group) is 1. The molecule has 0 aromatic carbocycles. The summed E-state index contributed by atoms with van der Waals surface area (Å²) < 4.78 is 22.9. The molecule has 0 rings (SSSR count). The van der Waals surface area contributed by atoms with Crippen LogP contribution in [0.5, 0.6) is 0 Å². The molecule has 0 fully saturated rings. The fourth-order valence-corrected chi connectivity index (χ4v) is 12.9. The summed E-state index contributed by atoms with van der Waals surface area (Å²) >= 11 is 0. The van der Waals surface area contributed by atoms with Crippen LogP contribution in [0.2, 0.25) is 0 Å². The molecule has 0 radical (unpaired) electrons. The predicted octanol–water partition coefficient (Wildman–Crippen LogP) is 25.7. The second kappa shape index (κ2) is 77.3. The van der Waals surface area contributed by atoms with E-state index in [4.69, 9.17) is 18.9 Å². The standard InChI is InChI=1S/C86H163NO8/c1-6-8-10-12-14-16-18-20-22-24-26-28-30-32-34-36-37-38-39-40-41-42-43-44-45-46-47-49-51-53-55-57-59-61-63-65-67-69-71-73-75-77-84(89)95-82(81-94-86(85(90)91)92-79-78-87(3,4)5)80-93-83(88)76-74-72-70-68-66-64-62-60-58-56-54-52-50-48-35-33-31-29-27-25-23-21-19-17-15-13-11-9-7-2/h18,20,24-27,82,86H,6-17,19,21-23,28-81H2,1-5H3/b20-18-,26-24-,27-25-. The van der Waals surface area contributed by atoms with Gasteiger partial charge in [0.25, 0.3) is 0 Å². The quantitative estimate of drug-likeness (QED) is 0.0195. The minimum Gasteiger partial charge on any atom is -0.545 e. The first-order chi connectivity index (χ1) is 46.6. The van der Waals surface area contributed by atoms with Crippen molar-refractivity contribution in [3.63, 3.8) is 0 Å². The van der Waals surface area contributed by atoms with Crippen molar-refractivity contribution in [2.45, 2.75) is 450 Å². The maximum Gasteiger partial charge on any atom is 0.306 e. The summed E-state index contributed by atoms with van der Waals surface area (Å²) in [6, 6.07) is 0. The number of unbranched alkanes of at least 4 members (excludes halogenated alkanes) is 59. The van der Waals surface area contributed by atoms with Crippen LogP contribution >= 0.6 is 0 Å². The number of hydrogen-bond donors (Lipinski definition) is 0. The summed E-state index contributed by atoms with van der Waals surface area (Å²) in [5, 5.41) is 11.9. The molecule has 0 aliphatic carbocycles. The van der Waals surface area contributed by atoms with E-state index in [9.17, 15) is 19.5 Å². The Kier molecular flexibility index (Phi) is 75.2. The number of carboxylic acids is 1. The molecule has 0 aliphatic rings. The molecule has 0 heterocycles. The fourth-order valence-electron chi connectivity index (χ4n) is 12.9. The van der Waals surface area contributed by atoms with E-state index in [1.165, 1.54) is 366 Å². The first-order valence-corrected chi connectivity index (χ1v) is 42.1. The Hall–Kier alpha value is -2.49. The molecule has 2 unspecified atom stereocenters. The van der Waals surface area contributed by atoms with Gasteiger partial charge in [-0.25, -0.2) is 0 Å². The molecule has 9 heteroatoms. The molecular formula is C86H163NO8. The lowest BCUT2D eigenvalue weighted by atomic mass is 10.0. The van der Waals surface area contributed by atoms with Crippen LogP contribution in [0.4, 0.5) is 0 Å². The van der Waals surface area contributed by atoms with Gasteiger partial charge in [-0.3, -0.25) is 9.59 Å². The number of carboxylic acid groups (broad SMARTS) is 1. The highest BCUT2D eigenvalue weighted by atomic mass is 16.7. The van der Waals surface area contributed by atoms with E-state index < -0.39 is 24.3 Å². The number of carbonyl (C=O) groups is 3. The van der Waals surface area contributed by atoms with Gasteiger partial charge in [0, 0.05) is 12.8 Å². The molecular weight excluding hydrogens is 1170 g/mol. The van der Waals surface area contributed by atoms with Crippen LogP contribution in [0.25, 0.3) is 0 Å². The number of allylic oxidation sites excluding steroid dienone is 6. The number of ether oxygens (including phenoxy) is 4. The van der Waals surface area contributed by atoms with Crippen molar-refractivity contribution in [3.05, 3.63) is 36.5 Å². The van der Waals surface area contributed by atoms with Gasteiger partial charge in [-0.05, 0) is 70.6 Å². The third-order valence-electron chi connectivity index (χ3n) is 19.4. The Morgan fingerprint density at radius 3 is 0.842 bits per heavy atom. The molecule has 0 saturated heterocycles. The molecule has 0 aromatic rings. The summed E-state index contributed by atoms with van der Waals surface area (Å²) in [6.07, 6.45) is 97.2. The van der Waals surface area contributed by atoms with Gasteiger partial charge in [-0.15, -0.1) is 0 Å². The van der Waals surface area contributed by atoms with Crippen molar-refractivity contribution < 1.29 is 42.9 Å². The number of esters is 2. The predicted molar refractivity (Wildman–Crippen MR) is 408 cm³/mol. The molecule has 9 nitrogen and oxygen atoms in total. The van der Waals surface area contributed by atoms with E-state index in [-0.39, 0.29) is 32.2 Å². The number of rotatable bonds is 80. The Labute approximate surface area is 591 Å². The summed E-state index contributed by atoms with van der Waals surface area (Å²) in [5.41, 5.74) is 0. The average molecular weight is 1340 g/mol. The summed E-state index contributed by atoms with van der Waals surface area (Å²) in [7, 11) is 5.96. The van der Waals surface area contributed by atoms with Gasteiger partial charge in [0.2, 0.25) is 0 Å². The Bertz CT molecular complexity index is 1650. The van der Waals surface area contributed by atoms with Crippen LogP contribution in [-0.2, 0) is 33.3 Å². The summed E-state index contributed by atoms with van der Waals surface area (Å²) in [6.45, 7) is 4.82. The molecule has 0 N–H and O–H groups in total. The molecule has 0 spiro atoms. The van der Waals surface area contributed by atoms with Gasteiger partial charge >= 0.3 is 11.9 Å². The van der Waals surface area contributed by atoms with Gasteiger partial charge < -0.3 is 33.3 Å².